The largest absolute Gasteiger partial charge is 0.472 e. The van der Waals surface area contributed by atoms with E-state index in [1.165, 1.54) is 6.07 Å². The fourth-order valence-electron chi connectivity index (χ4n) is 3.05. The first-order valence-electron chi connectivity index (χ1n) is 7.38. The van der Waals surface area contributed by atoms with Crippen LogP contribution in [0.15, 0.2) is 42.5 Å². The molecule has 1 atom stereocenters. The number of nitrogens with one attached hydrogen (secondary N) is 1. The molecule has 4 heteroatoms. The van der Waals surface area contributed by atoms with Crippen LogP contribution >= 0.6 is 0 Å². The summed E-state index contributed by atoms with van der Waals surface area (Å²) in [6.45, 7) is 1.63. The zero-order chi connectivity index (χ0) is 15.7. The van der Waals surface area contributed by atoms with E-state index >= 15 is 4.39 Å². The Morgan fingerprint density at radius 1 is 1.09 bits per heavy atom. The lowest BCUT2D eigenvalue weighted by Gasteiger charge is -2.30. The standard InChI is InChI=1S/C18H19F2NO/c1-12-15(19)8-5-9-16(12)22-17(21-2)18(20)10-13-6-3-4-7-14(13)11-18/h3-9,17,21H,10-11H2,1-2H3. The summed E-state index contributed by atoms with van der Waals surface area (Å²) in [5, 5.41) is 2.89. The van der Waals surface area contributed by atoms with Crippen LogP contribution in [0.25, 0.3) is 0 Å². The van der Waals surface area contributed by atoms with Crippen molar-refractivity contribution in [2.75, 3.05) is 7.05 Å². The maximum atomic E-state index is 15.4. The molecule has 0 heterocycles. The van der Waals surface area contributed by atoms with E-state index in [2.05, 4.69) is 5.32 Å². The lowest BCUT2D eigenvalue weighted by atomic mass is 10.00. The number of ether oxygens (including phenoxy) is 1. The molecule has 0 saturated carbocycles. The van der Waals surface area contributed by atoms with Crippen molar-refractivity contribution in [3.05, 3.63) is 65.0 Å². The van der Waals surface area contributed by atoms with Crippen LogP contribution in [-0.2, 0) is 12.8 Å². The summed E-state index contributed by atoms with van der Waals surface area (Å²) in [6, 6.07) is 12.3. The first-order chi connectivity index (χ1) is 10.5. The minimum Gasteiger partial charge on any atom is -0.472 e. The highest BCUT2D eigenvalue weighted by Crippen LogP contribution is 2.37. The molecule has 3 rings (SSSR count). The Labute approximate surface area is 129 Å². The number of alkyl halides is 1. The summed E-state index contributed by atoms with van der Waals surface area (Å²) in [6.07, 6.45) is -0.244. The SMILES string of the molecule is CNC(Oc1cccc(F)c1C)C1(F)Cc2ccccc2C1. The third kappa shape index (κ3) is 2.59. The molecule has 22 heavy (non-hydrogen) atoms. The third-order valence-electron chi connectivity index (χ3n) is 4.28. The van der Waals surface area contributed by atoms with Gasteiger partial charge in [-0.15, -0.1) is 0 Å². The van der Waals surface area contributed by atoms with Crippen LogP contribution in [-0.4, -0.2) is 18.9 Å². The van der Waals surface area contributed by atoms with E-state index in [4.69, 9.17) is 4.74 Å². The Hall–Kier alpha value is -1.94. The minimum absolute atomic E-state index is 0.295. The molecular formula is C18H19F2NO. The maximum absolute atomic E-state index is 15.4. The van der Waals surface area contributed by atoms with Crippen LogP contribution in [0.1, 0.15) is 16.7 Å². The predicted molar refractivity (Wildman–Crippen MR) is 82.3 cm³/mol. The number of hydrogen-bond donors (Lipinski definition) is 1. The van der Waals surface area contributed by atoms with Gasteiger partial charge in [-0.25, -0.2) is 8.78 Å². The molecule has 0 spiro atoms. The summed E-state index contributed by atoms with van der Waals surface area (Å²) in [5.74, 6) is 0.0160. The fourth-order valence-corrected chi connectivity index (χ4v) is 3.05. The second-order valence-electron chi connectivity index (χ2n) is 5.81. The smallest absolute Gasteiger partial charge is 0.184 e. The van der Waals surface area contributed by atoms with E-state index in [9.17, 15) is 4.39 Å². The van der Waals surface area contributed by atoms with Gasteiger partial charge in [0.2, 0.25) is 0 Å². The van der Waals surface area contributed by atoms with Crippen molar-refractivity contribution in [2.24, 2.45) is 0 Å². The number of hydrogen-bond acceptors (Lipinski definition) is 2. The van der Waals surface area contributed by atoms with Crippen LogP contribution in [0.2, 0.25) is 0 Å². The van der Waals surface area contributed by atoms with Crippen molar-refractivity contribution in [2.45, 2.75) is 31.7 Å². The van der Waals surface area contributed by atoms with Crippen molar-refractivity contribution in [3.63, 3.8) is 0 Å². The van der Waals surface area contributed by atoms with Gasteiger partial charge in [0.25, 0.3) is 0 Å². The second-order valence-corrected chi connectivity index (χ2v) is 5.81. The van der Waals surface area contributed by atoms with E-state index in [1.54, 1.807) is 26.1 Å². The van der Waals surface area contributed by atoms with Crippen molar-refractivity contribution >= 4 is 0 Å². The van der Waals surface area contributed by atoms with E-state index in [-0.39, 0.29) is 5.82 Å². The number of fused-ring (bicyclic) bond motifs is 1. The van der Waals surface area contributed by atoms with Crippen LogP contribution in [0, 0.1) is 12.7 Å². The monoisotopic (exact) mass is 303 g/mol. The Morgan fingerprint density at radius 2 is 1.73 bits per heavy atom. The Balaban J connectivity index is 1.85. The molecule has 0 amide bonds. The van der Waals surface area contributed by atoms with Gasteiger partial charge >= 0.3 is 0 Å². The second kappa shape index (κ2) is 5.69. The number of rotatable bonds is 4. The van der Waals surface area contributed by atoms with Crippen LogP contribution in [0.3, 0.4) is 0 Å². The fraction of sp³-hybridized carbons (Fsp3) is 0.333. The molecule has 1 N–H and O–H groups in total. The highest BCUT2D eigenvalue weighted by Gasteiger charge is 2.45. The summed E-state index contributed by atoms with van der Waals surface area (Å²) < 4.78 is 34.8. The first kappa shape index (κ1) is 15.0. The van der Waals surface area contributed by atoms with Gasteiger partial charge < -0.3 is 4.74 Å². The first-order valence-corrected chi connectivity index (χ1v) is 7.38. The van der Waals surface area contributed by atoms with Crippen molar-refractivity contribution in [3.8, 4) is 5.75 Å². The van der Waals surface area contributed by atoms with Crippen molar-refractivity contribution < 1.29 is 13.5 Å². The van der Waals surface area contributed by atoms with E-state index in [0.29, 0.717) is 24.2 Å². The Bertz CT molecular complexity index is 662. The molecule has 1 aliphatic rings. The highest BCUT2D eigenvalue weighted by atomic mass is 19.1. The summed E-state index contributed by atoms with van der Waals surface area (Å²) >= 11 is 0. The average Bonchev–Trinajstić information content (AvgIpc) is 2.85. The predicted octanol–water partition coefficient (Wildman–Crippen LogP) is 3.57. The van der Waals surface area contributed by atoms with Gasteiger partial charge in [-0.05, 0) is 37.2 Å². The quantitative estimate of drug-likeness (QED) is 0.872. The molecule has 1 aliphatic carbocycles. The highest BCUT2D eigenvalue weighted by molar-refractivity contribution is 5.37. The van der Waals surface area contributed by atoms with Gasteiger partial charge in [0.15, 0.2) is 11.9 Å². The molecule has 0 bridgehead atoms. The molecule has 0 fully saturated rings. The molecule has 0 radical (unpaired) electrons. The Kier molecular flexibility index (Phi) is 3.87. The Morgan fingerprint density at radius 3 is 2.32 bits per heavy atom. The van der Waals surface area contributed by atoms with Crippen molar-refractivity contribution in [1.82, 2.24) is 5.32 Å². The third-order valence-corrected chi connectivity index (χ3v) is 4.28. The van der Waals surface area contributed by atoms with E-state index in [0.717, 1.165) is 11.1 Å². The topological polar surface area (TPSA) is 21.3 Å². The minimum atomic E-state index is -1.54. The van der Waals surface area contributed by atoms with Crippen molar-refractivity contribution in [1.29, 1.82) is 0 Å². The molecule has 2 aromatic carbocycles. The zero-order valence-electron chi connectivity index (χ0n) is 12.7. The summed E-state index contributed by atoms with van der Waals surface area (Å²) in [4.78, 5) is 0. The average molecular weight is 303 g/mol. The molecule has 2 aromatic rings. The van der Waals surface area contributed by atoms with Crippen LogP contribution < -0.4 is 10.1 Å². The summed E-state index contributed by atoms with van der Waals surface area (Å²) in [5.41, 5.74) is 0.855. The van der Waals surface area contributed by atoms with Gasteiger partial charge in [0, 0.05) is 18.4 Å². The molecule has 116 valence electrons. The molecular weight excluding hydrogens is 284 g/mol. The van der Waals surface area contributed by atoms with E-state index < -0.39 is 11.9 Å². The normalized spacial score (nSPS) is 17.1. The lowest BCUT2D eigenvalue weighted by molar-refractivity contribution is -0.00166. The summed E-state index contributed by atoms with van der Waals surface area (Å²) in [7, 11) is 1.66. The van der Waals surface area contributed by atoms with Gasteiger partial charge in [0.1, 0.15) is 11.6 Å². The number of benzene rings is 2. The van der Waals surface area contributed by atoms with Gasteiger partial charge in [0.05, 0.1) is 0 Å². The van der Waals surface area contributed by atoms with E-state index in [1.807, 2.05) is 24.3 Å². The molecule has 2 nitrogen and oxygen atoms in total. The molecule has 1 unspecified atom stereocenters. The van der Waals surface area contributed by atoms with Gasteiger partial charge in [-0.2, -0.15) is 0 Å². The lowest BCUT2D eigenvalue weighted by Crippen LogP contribution is -2.51. The molecule has 0 saturated heterocycles. The van der Waals surface area contributed by atoms with Crippen LogP contribution in [0.5, 0.6) is 5.75 Å². The molecule has 0 aliphatic heterocycles. The molecule has 0 aromatic heterocycles. The van der Waals surface area contributed by atoms with Crippen LogP contribution in [0.4, 0.5) is 8.78 Å². The number of halogens is 2. The maximum Gasteiger partial charge on any atom is 0.184 e. The van der Waals surface area contributed by atoms with Gasteiger partial charge in [-0.3, -0.25) is 5.32 Å². The van der Waals surface area contributed by atoms with Gasteiger partial charge in [-0.1, -0.05) is 30.3 Å². The zero-order valence-corrected chi connectivity index (χ0v) is 12.7.